The number of thioether (sulfide) groups is 1. The molecule has 0 saturated heterocycles. The minimum atomic E-state index is -1.03. The molecule has 2 atom stereocenters. The van der Waals surface area contributed by atoms with Crippen molar-refractivity contribution in [3.05, 3.63) is 0 Å². The topological polar surface area (TPSA) is 80.4 Å². The molecule has 0 radical (unpaired) electrons. The molecule has 70 valence electrons. The summed E-state index contributed by atoms with van der Waals surface area (Å²) in [6, 6.07) is -0.878. The molecule has 0 unspecified atom stereocenters. The minimum absolute atomic E-state index is 0.0394. The first-order valence-corrected chi connectivity index (χ1v) is 4.60. The summed E-state index contributed by atoms with van der Waals surface area (Å²) in [5.41, 5.74) is 5.23. The number of hydrogen-bond donors (Lipinski definition) is 2. The molecule has 3 N–H and O–H groups in total. The Kier molecular flexibility index (Phi) is 4.92. The Labute approximate surface area is 75.5 Å². The Morgan fingerprint density at radius 3 is 2.42 bits per heavy atom. The van der Waals surface area contributed by atoms with Gasteiger partial charge in [-0.1, -0.05) is 0 Å². The maximum Gasteiger partial charge on any atom is 0.321 e. The lowest BCUT2D eigenvalue weighted by Crippen LogP contribution is -2.33. The van der Waals surface area contributed by atoms with Crippen molar-refractivity contribution in [2.45, 2.75) is 25.1 Å². The van der Waals surface area contributed by atoms with E-state index in [9.17, 15) is 9.59 Å². The highest BCUT2D eigenvalue weighted by Gasteiger charge is 2.15. The van der Waals surface area contributed by atoms with Gasteiger partial charge in [-0.2, -0.15) is 0 Å². The molecule has 0 rings (SSSR count). The predicted molar refractivity (Wildman–Crippen MR) is 48.2 cm³/mol. The summed E-state index contributed by atoms with van der Waals surface area (Å²) < 4.78 is 0. The number of hydrogen-bond acceptors (Lipinski definition) is 4. The van der Waals surface area contributed by atoms with E-state index in [1.54, 1.807) is 6.92 Å². The lowest BCUT2D eigenvalue weighted by Gasteiger charge is -2.09. The summed E-state index contributed by atoms with van der Waals surface area (Å²) in [4.78, 5) is 21.0. The smallest absolute Gasteiger partial charge is 0.321 e. The van der Waals surface area contributed by atoms with E-state index < -0.39 is 12.0 Å². The van der Waals surface area contributed by atoms with Crippen LogP contribution in [-0.4, -0.2) is 33.9 Å². The van der Waals surface area contributed by atoms with E-state index in [-0.39, 0.29) is 16.8 Å². The number of aliphatic carboxylic acids is 1. The first-order valence-electron chi connectivity index (χ1n) is 3.55. The van der Waals surface area contributed by atoms with Crippen molar-refractivity contribution >= 4 is 23.5 Å². The molecule has 12 heavy (non-hydrogen) atoms. The van der Waals surface area contributed by atoms with Gasteiger partial charge in [0.15, 0.2) is 0 Å². The normalized spacial score (nSPS) is 15.2. The van der Waals surface area contributed by atoms with Crippen molar-refractivity contribution in [3.8, 4) is 0 Å². The van der Waals surface area contributed by atoms with E-state index in [4.69, 9.17) is 10.8 Å². The average molecular weight is 191 g/mol. The third kappa shape index (κ3) is 4.35. The second-order valence-corrected chi connectivity index (χ2v) is 3.90. The number of carboxylic acid groups (broad SMARTS) is 1. The summed E-state index contributed by atoms with van der Waals surface area (Å²) in [5, 5.41) is 8.24. The fraction of sp³-hybridized carbons (Fsp3) is 0.714. The highest BCUT2D eigenvalue weighted by molar-refractivity contribution is 8.00. The maximum absolute atomic E-state index is 10.7. The van der Waals surface area contributed by atoms with Crippen LogP contribution in [0.1, 0.15) is 13.8 Å². The highest BCUT2D eigenvalue weighted by atomic mass is 32.2. The number of carboxylic acids is 1. The van der Waals surface area contributed by atoms with Gasteiger partial charge in [-0.25, -0.2) is 0 Å². The Bertz CT molecular complexity index is 163. The Morgan fingerprint density at radius 1 is 1.58 bits per heavy atom. The molecule has 0 aliphatic carbocycles. The van der Waals surface area contributed by atoms with Crippen LogP contribution in [0, 0.1) is 0 Å². The van der Waals surface area contributed by atoms with Crippen molar-refractivity contribution in [3.63, 3.8) is 0 Å². The van der Waals surface area contributed by atoms with Crippen molar-refractivity contribution in [2.75, 3.05) is 5.75 Å². The van der Waals surface area contributed by atoms with Gasteiger partial charge in [0.1, 0.15) is 11.8 Å². The van der Waals surface area contributed by atoms with Crippen LogP contribution in [0.4, 0.5) is 0 Å². The Hall–Kier alpha value is -0.550. The maximum atomic E-state index is 10.7. The number of carbonyl (C=O) groups is 2. The molecule has 0 aromatic heterocycles. The van der Waals surface area contributed by atoms with Gasteiger partial charge in [-0.05, 0) is 13.8 Å². The lowest BCUT2D eigenvalue weighted by molar-refractivity contribution is -0.137. The molecule has 5 heteroatoms. The summed E-state index contributed by atoms with van der Waals surface area (Å²) in [6.45, 7) is 3.21. The van der Waals surface area contributed by atoms with Crippen LogP contribution in [0.15, 0.2) is 0 Å². The molecule has 0 aliphatic heterocycles. The number of carbonyl (C=O) groups excluding carboxylic acids is 1. The van der Waals surface area contributed by atoms with Crippen LogP contribution in [-0.2, 0) is 9.59 Å². The molecular formula is C7H13NO3S. The quantitative estimate of drug-likeness (QED) is 0.644. The Balaban J connectivity index is 3.68. The highest BCUT2D eigenvalue weighted by Crippen LogP contribution is 2.11. The number of nitrogens with two attached hydrogens (primary N) is 1. The van der Waals surface area contributed by atoms with Gasteiger partial charge < -0.3 is 10.8 Å². The fourth-order valence-electron chi connectivity index (χ4n) is 0.437. The molecule has 0 spiro atoms. The van der Waals surface area contributed by atoms with E-state index in [1.807, 2.05) is 0 Å². The summed E-state index contributed by atoms with van der Waals surface area (Å²) in [5.74, 6) is -0.716. The fourth-order valence-corrected chi connectivity index (χ4v) is 1.31. The second kappa shape index (κ2) is 5.16. The van der Waals surface area contributed by atoms with E-state index in [2.05, 4.69) is 0 Å². The minimum Gasteiger partial charge on any atom is -0.480 e. The molecule has 0 amide bonds. The molecule has 4 nitrogen and oxygen atoms in total. The zero-order chi connectivity index (χ0) is 9.72. The zero-order valence-electron chi connectivity index (χ0n) is 7.11. The summed E-state index contributed by atoms with van der Waals surface area (Å²) >= 11 is 1.27. The van der Waals surface area contributed by atoms with Crippen LogP contribution >= 0.6 is 11.8 Å². The molecule has 0 heterocycles. The molecular weight excluding hydrogens is 178 g/mol. The third-order valence-electron chi connectivity index (χ3n) is 1.42. The lowest BCUT2D eigenvalue weighted by atomic mass is 10.3. The van der Waals surface area contributed by atoms with Gasteiger partial charge in [-0.3, -0.25) is 9.59 Å². The van der Waals surface area contributed by atoms with E-state index >= 15 is 0 Å². The van der Waals surface area contributed by atoms with Gasteiger partial charge in [-0.15, -0.1) is 11.8 Å². The average Bonchev–Trinajstić information content (AvgIpc) is 1.98. The molecule has 0 aromatic rings. The molecule has 0 fully saturated rings. The summed E-state index contributed by atoms with van der Waals surface area (Å²) in [6.07, 6.45) is 0. The van der Waals surface area contributed by atoms with Crippen LogP contribution in [0.5, 0.6) is 0 Å². The van der Waals surface area contributed by atoms with Gasteiger partial charge in [0.05, 0.1) is 5.25 Å². The standard InChI is InChI=1S/C7H13NO3S/c1-4(9)5(2)12-3-6(8)7(10)11/h5-6H,3,8H2,1-2H3,(H,10,11)/t5-,6+/m1/s1. The first kappa shape index (κ1) is 11.4. The van der Waals surface area contributed by atoms with Gasteiger partial charge in [0, 0.05) is 5.75 Å². The summed E-state index contributed by atoms with van der Waals surface area (Å²) in [7, 11) is 0. The van der Waals surface area contributed by atoms with Gasteiger partial charge in [0.25, 0.3) is 0 Å². The zero-order valence-corrected chi connectivity index (χ0v) is 7.93. The van der Waals surface area contributed by atoms with E-state index in [0.29, 0.717) is 0 Å². The van der Waals surface area contributed by atoms with Crippen molar-refractivity contribution in [2.24, 2.45) is 5.73 Å². The van der Waals surface area contributed by atoms with Crippen LogP contribution < -0.4 is 5.73 Å². The molecule has 0 bridgehead atoms. The van der Waals surface area contributed by atoms with Crippen LogP contribution in [0.2, 0.25) is 0 Å². The molecule has 0 saturated carbocycles. The van der Waals surface area contributed by atoms with Crippen molar-refractivity contribution in [1.82, 2.24) is 0 Å². The van der Waals surface area contributed by atoms with Crippen molar-refractivity contribution < 1.29 is 14.7 Å². The monoisotopic (exact) mass is 191 g/mol. The number of ketones is 1. The predicted octanol–water partition coefficient (Wildman–Crippen LogP) is 0.109. The van der Waals surface area contributed by atoms with Crippen molar-refractivity contribution in [1.29, 1.82) is 0 Å². The van der Waals surface area contributed by atoms with Crippen LogP contribution in [0.25, 0.3) is 0 Å². The second-order valence-electron chi connectivity index (χ2n) is 2.53. The number of rotatable bonds is 5. The Morgan fingerprint density at radius 2 is 2.08 bits per heavy atom. The first-order chi connectivity index (χ1) is 5.45. The largest absolute Gasteiger partial charge is 0.480 e. The van der Waals surface area contributed by atoms with Crippen LogP contribution in [0.3, 0.4) is 0 Å². The number of Topliss-reactive ketones (excluding diaryl/α,β-unsaturated/α-hetero) is 1. The SMILES string of the molecule is CC(=O)[C@@H](C)SC[C@H](N)C(=O)O. The van der Waals surface area contributed by atoms with Gasteiger partial charge >= 0.3 is 5.97 Å². The van der Waals surface area contributed by atoms with E-state index in [1.165, 1.54) is 18.7 Å². The van der Waals surface area contributed by atoms with E-state index in [0.717, 1.165) is 0 Å². The van der Waals surface area contributed by atoms with Gasteiger partial charge in [0.2, 0.25) is 0 Å². The molecule has 0 aromatic carbocycles. The third-order valence-corrected chi connectivity index (χ3v) is 2.80. The molecule has 0 aliphatic rings.